The number of fused-ring (bicyclic) bond motifs is 5. The van der Waals surface area contributed by atoms with E-state index in [1.807, 2.05) is 0 Å². The molecule has 2 nitrogen and oxygen atoms in total. The van der Waals surface area contributed by atoms with Crippen LogP contribution in [-0.4, -0.2) is 20.2 Å². The summed E-state index contributed by atoms with van der Waals surface area (Å²) in [6.45, 7) is 16.0. The van der Waals surface area contributed by atoms with Gasteiger partial charge in [0.2, 0.25) is 0 Å². The molecule has 3 aliphatic rings. The first-order valence-corrected chi connectivity index (χ1v) is 11.9. The lowest BCUT2D eigenvalue weighted by Gasteiger charge is -2.49. The van der Waals surface area contributed by atoms with Crippen LogP contribution in [0.3, 0.4) is 0 Å². The van der Waals surface area contributed by atoms with Gasteiger partial charge in [-0.15, -0.1) is 0 Å². The van der Waals surface area contributed by atoms with Gasteiger partial charge in [-0.3, -0.25) is 4.79 Å². The predicted octanol–water partition coefficient (Wildman–Crippen LogP) is 4.67. The van der Waals surface area contributed by atoms with Crippen molar-refractivity contribution >= 4 is 14.1 Å². The number of ketones is 1. The molecule has 124 valence electrons. The summed E-state index contributed by atoms with van der Waals surface area (Å²) >= 11 is 0. The van der Waals surface area contributed by atoms with E-state index in [0.717, 1.165) is 0 Å². The van der Waals surface area contributed by atoms with Crippen molar-refractivity contribution in [3.8, 4) is 0 Å². The Morgan fingerprint density at radius 3 is 2.32 bits per heavy atom. The molecule has 0 spiro atoms. The van der Waals surface area contributed by atoms with Crippen LogP contribution in [0.4, 0.5) is 0 Å². The Bertz CT molecular complexity index is 502. The molecule has 0 aromatic rings. The molecule has 0 aliphatic heterocycles. The number of rotatable bonds is 2. The van der Waals surface area contributed by atoms with Crippen molar-refractivity contribution in [3.05, 3.63) is 12.2 Å². The highest BCUT2D eigenvalue weighted by molar-refractivity contribution is 6.74. The molecule has 3 rings (SSSR count). The van der Waals surface area contributed by atoms with Crippen LogP contribution < -0.4 is 0 Å². The lowest BCUT2D eigenvalue weighted by atomic mass is 9.63. The van der Waals surface area contributed by atoms with Gasteiger partial charge < -0.3 is 4.43 Å². The largest absolute Gasteiger partial charge is 0.413 e. The fraction of sp³-hybridized carbons (Fsp3) is 0.842. The minimum absolute atomic E-state index is 0.142. The van der Waals surface area contributed by atoms with Crippen molar-refractivity contribution < 1.29 is 9.22 Å². The first kappa shape index (κ1) is 16.4. The topological polar surface area (TPSA) is 26.3 Å². The maximum atomic E-state index is 12.8. The third-order valence-electron chi connectivity index (χ3n) is 7.22. The molecule has 2 saturated carbocycles. The van der Waals surface area contributed by atoms with Gasteiger partial charge in [-0.05, 0) is 42.3 Å². The second-order valence-corrected chi connectivity index (χ2v) is 14.2. The number of carbonyl (C=O) groups is 1. The number of hydrogen-bond acceptors (Lipinski definition) is 2. The standard InChI is InChI=1S/C19H32O2Si/c1-11-12(2)18(21-22(6,7)19(3,4)5)16-14-9-8-13(10-14)15(16)17(11)20/h8-9,11-16,18H,10H2,1-7H3/t11-,12+,13-,14+,15-,16+,18-/m0/s1. The Balaban J connectivity index is 1.92. The minimum Gasteiger partial charge on any atom is -0.413 e. The van der Waals surface area contributed by atoms with Gasteiger partial charge >= 0.3 is 0 Å². The summed E-state index contributed by atoms with van der Waals surface area (Å²) in [5.41, 5.74) is 0. The van der Waals surface area contributed by atoms with Gasteiger partial charge in [-0.2, -0.15) is 0 Å². The van der Waals surface area contributed by atoms with Gasteiger partial charge in [0.25, 0.3) is 0 Å². The zero-order valence-electron chi connectivity index (χ0n) is 15.2. The molecule has 3 heteroatoms. The third kappa shape index (κ3) is 2.27. The molecule has 0 unspecified atom stereocenters. The van der Waals surface area contributed by atoms with Crippen LogP contribution in [0, 0.1) is 35.5 Å². The monoisotopic (exact) mass is 320 g/mol. The van der Waals surface area contributed by atoms with Crippen molar-refractivity contribution in [3.63, 3.8) is 0 Å². The highest BCUT2D eigenvalue weighted by Crippen LogP contribution is 2.56. The van der Waals surface area contributed by atoms with Crippen LogP contribution in [0.1, 0.15) is 41.0 Å². The SMILES string of the molecule is C[C@H]1[C@H](O[Si](C)(C)C(C)(C)C)[C@H]2[C@@H](C(=O)[C@H]1C)[C@H]1C=C[C@@H]2C1. The summed E-state index contributed by atoms with van der Waals surface area (Å²) in [6, 6.07) is 0. The molecule has 0 aromatic carbocycles. The Morgan fingerprint density at radius 1 is 1.14 bits per heavy atom. The van der Waals surface area contributed by atoms with E-state index in [1.165, 1.54) is 6.42 Å². The Morgan fingerprint density at radius 2 is 1.73 bits per heavy atom. The molecule has 0 saturated heterocycles. The predicted molar refractivity (Wildman–Crippen MR) is 93.1 cm³/mol. The quantitative estimate of drug-likeness (QED) is 0.546. The third-order valence-corrected chi connectivity index (χ3v) is 11.7. The van der Waals surface area contributed by atoms with E-state index in [2.05, 4.69) is 59.9 Å². The van der Waals surface area contributed by atoms with Crippen molar-refractivity contribution in [2.24, 2.45) is 35.5 Å². The van der Waals surface area contributed by atoms with Crippen LogP contribution in [0.15, 0.2) is 12.2 Å². The van der Waals surface area contributed by atoms with E-state index in [-0.39, 0.29) is 23.0 Å². The maximum absolute atomic E-state index is 12.8. The smallest absolute Gasteiger partial charge is 0.192 e. The average Bonchev–Trinajstić information content (AvgIpc) is 3.00. The summed E-state index contributed by atoms with van der Waals surface area (Å²) in [5.74, 6) is 2.72. The molecule has 0 amide bonds. The van der Waals surface area contributed by atoms with Crippen molar-refractivity contribution in [1.82, 2.24) is 0 Å². The summed E-state index contributed by atoms with van der Waals surface area (Å²) in [7, 11) is -1.81. The Hall–Kier alpha value is -0.413. The van der Waals surface area contributed by atoms with E-state index in [4.69, 9.17) is 4.43 Å². The van der Waals surface area contributed by atoms with Crippen LogP contribution in [0.5, 0.6) is 0 Å². The second-order valence-electron chi connectivity index (χ2n) is 9.44. The Kier molecular flexibility index (Phi) is 3.77. The van der Waals surface area contributed by atoms with E-state index in [1.54, 1.807) is 0 Å². The van der Waals surface area contributed by atoms with Gasteiger partial charge in [-0.1, -0.05) is 46.8 Å². The maximum Gasteiger partial charge on any atom is 0.192 e. The van der Waals surface area contributed by atoms with Crippen molar-refractivity contribution in [2.45, 2.75) is 65.3 Å². The van der Waals surface area contributed by atoms with Crippen LogP contribution in [0.2, 0.25) is 18.1 Å². The summed E-state index contributed by atoms with van der Waals surface area (Å²) in [5, 5.41) is 0.223. The molecule has 7 atom stereocenters. The highest BCUT2D eigenvalue weighted by atomic mass is 28.4. The van der Waals surface area contributed by atoms with Gasteiger partial charge in [-0.25, -0.2) is 0 Å². The molecule has 2 fully saturated rings. The fourth-order valence-corrected chi connectivity index (χ4v) is 6.02. The molecule has 2 bridgehead atoms. The number of Topliss-reactive ketones (excluding diaryl/α,β-unsaturated/α-hetero) is 1. The average molecular weight is 321 g/mol. The molecule has 22 heavy (non-hydrogen) atoms. The van der Waals surface area contributed by atoms with Crippen LogP contribution in [-0.2, 0) is 9.22 Å². The van der Waals surface area contributed by atoms with Gasteiger partial charge in [0.05, 0.1) is 6.10 Å². The molecule has 0 N–H and O–H groups in total. The second kappa shape index (κ2) is 5.04. The number of allylic oxidation sites excluding steroid dienone is 2. The van der Waals surface area contributed by atoms with E-state index in [9.17, 15) is 4.79 Å². The molecule has 0 aromatic heterocycles. The Labute approximate surface area is 136 Å². The van der Waals surface area contributed by atoms with Gasteiger partial charge in [0, 0.05) is 17.8 Å². The molecular formula is C19H32O2Si. The zero-order chi connectivity index (χ0) is 16.4. The summed E-state index contributed by atoms with van der Waals surface area (Å²) < 4.78 is 6.89. The first-order valence-electron chi connectivity index (χ1n) is 8.94. The molecule has 3 aliphatic carbocycles. The highest BCUT2D eigenvalue weighted by Gasteiger charge is 2.58. The fourth-order valence-electron chi connectivity index (χ4n) is 4.61. The van der Waals surface area contributed by atoms with E-state index < -0.39 is 8.32 Å². The van der Waals surface area contributed by atoms with Gasteiger partial charge in [0.1, 0.15) is 5.78 Å². The van der Waals surface area contributed by atoms with E-state index >= 15 is 0 Å². The first-order chi connectivity index (χ1) is 10.0. The summed E-state index contributed by atoms with van der Waals surface area (Å²) in [6.07, 6.45) is 6.11. The normalized spacial score (nSPS) is 44.5. The lowest BCUT2D eigenvalue weighted by Crippen LogP contribution is -2.55. The summed E-state index contributed by atoms with van der Waals surface area (Å²) in [4.78, 5) is 12.8. The number of hydrogen-bond donors (Lipinski definition) is 0. The zero-order valence-corrected chi connectivity index (χ0v) is 16.2. The number of carbonyl (C=O) groups excluding carboxylic acids is 1. The minimum atomic E-state index is -1.81. The van der Waals surface area contributed by atoms with Crippen molar-refractivity contribution in [2.75, 3.05) is 0 Å². The molecule has 0 radical (unpaired) electrons. The molecule has 0 heterocycles. The molecular weight excluding hydrogens is 288 g/mol. The van der Waals surface area contributed by atoms with Gasteiger partial charge in [0.15, 0.2) is 8.32 Å². The van der Waals surface area contributed by atoms with Crippen molar-refractivity contribution in [1.29, 1.82) is 0 Å². The lowest BCUT2D eigenvalue weighted by molar-refractivity contribution is -0.141. The van der Waals surface area contributed by atoms with Crippen LogP contribution in [0.25, 0.3) is 0 Å². The van der Waals surface area contributed by atoms with E-state index in [0.29, 0.717) is 29.5 Å². The van der Waals surface area contributed by atoms with Crippen LogP contribution >= 0.6 is 0 Å².